The molecule has 0 aliphatic carbocycles. The number of carbonyl (C=O) groups is 1. The Hall–Kier alpha value is -2.54. The van der Waals surface area contributed by atoms with Gasteiger partial charge in [-0.25, -0.2) is 14.2 Å². The topological polar surface area (TPSA) is 58.6 Å². The zero-order valence-electron chi connectivity index (χ0n) is 13.4. The number of ether oxygens (including phenoxy) is 1. The highest BCUT2D eigenvalue weighted by atomic mass is 19.1. The van der Waals surface area contributed by atoms with Gasteiger partial charge in [0.25, 0.3) is 0 Å². The van der Waals surface area contributed by atoms with Gasteiger partial charge < -0.3 is 9.64 Å². The second-order valence-electron chi connectivity index (χ2n) is 5.56. The summed E-state index contributed by atoms with van der Waals surface area (Å²) < 4.78 is 18.1. The van der Waals surface area contributed by atoms with Crippen LogP contribution >= 0.6 is 0 Å². The average molecular weight is 330 g/mol. The Balaban J connectivity index is 1.73. The minimum absolute atomic E-state index is 0.324. The van der Waals surface area contributed by atoms with Crippen molar-refractivity contribution in [2.75, 3.05) is 38.2 Å². The highest BCUT2D eigenvalue weighted by Crippen LogP contribution is 2.25. The van der Waals surface area contributed by atoms with Gasteiger partial charge in [0, 0.05) is 38.6 Å². The Morgan fingerprint density at radius 2 is 1.88 bits per heavy atom. The van der Waals surface area contributed by atoms with Crippen molar-refractivity contribution < 1.29 is 13.9 Å². The van der Waals surface area contributed by atoms with Crippen molar-refractivity contribution in [3.8, 4) is 0 Å². The van der Waals surface area contributed by atoms with Crippen LogP contribution in [0.3, 0.4) is 0 Å². The molecule has 2 aromatic rings. The van der Waals surface area contributed by atoms with Crippen molar-refractivity contribution >= 4 is 11.8 Å². The van der Waals surface area contributed by atoms with Crippen LogP contribution in [0.5, 0.6) is 0 Å². The average Bonchev–Trinajstić information content (AvgIpc) is 2.64. The number of anilines is 1. The molecule has 0 amide bonds. The minimum Gasteiger partial charge on any atom is -0.468 e. The van der Waals surface area contributed by atoms with E-state index in [1.807, 2.05) is 4.90 Å². The van der Waals surface area contributed by atoms with Crippen LogP contribution in [0.15, 0.2) is 42.9 Å². The fourth-order valence-electron chi connectivity index (χ4n) is 2.92. The molecule has 6 nitrogen and oxygen atoms in total. The molecule has 0 saturated carbocycles. The van der Waals surface area contributed by atoms with Gasteiger partial charge in [0.05, 0.1) is 13.3 Å². The zero-order chi connectivity index (χ0) is 16.9. The van der Waals surface area contributed by atoms with Crippen LogP contribution < -0.4 is 4.90 Å². The molecule has 126 valence electrons. The summed E-state index contributed by atoms with van der Waals surface area (Å²) in [6.45, 7) is 2.81. The number of nitrogens with zero attached hydrogens (tertiary/aromatic N) is 4. The number of halogens is 1. The normalized spacial score (nSPS) is 16.7. The molecule has 2 heterocycles. The Kier molecular flexibility index (Phi) is 5.00. The first-order chi connectivity index (χ1) is 11.7. The number of hydrogen-bond donors (Lipinski definition) is 0. The Labute approximate surface area is 139 Å². The Morgan fingerprint density at radius 1 is 1.17 bits per heavy atom. The van der Waals surface area contributed by atoms with Crippen LogP contribution in [0.4, 0.5) is 10.2 Å². The van der Waals surface area contributed by atoms with Gasteiger partial charge in [0.15, 0.2) is 0 Å². The molecule has 1 aliphatic heterocycles. The maximum absolute atomic E-state index is 13.2. The predicted molar refractivity (Wildman–Crippen MR) is 87.0 cm³/mol. The Morgan fingerprint density at radius 3 is 2.46 bits per heavy atom. The second-order valence-corrected chi connectivity index (χ2v) is 5.56. The highest BCUT2D eigenvalue weighted by Gasteiger charge is 2.31. The van der Waals surface area contributed by atoms with E-state index in [0.717, 1.165) is 24.5 Å². The van der Waals surface area contributed by atoms with Gasteiger partial charge in [0.2, 0.25) is 0 Å². The van der Waals surface area contributed by atoms with Gasteiger partial charge in [-0.1, -0.05) is 12.1 Å². The largest absolute Gasteiger partial charge is 0.468 e. The first kappa shape index (κ1) is 16.3. The maximum Gasteiger partial charge on any atom is 0.327 e. The summed E-state index contributed by atoms with van der Waals surface area (Å²) in [5.41, 5.74) is 0.733. The molecular weight excluding hydrogens is 311 g/mol. The summed E-state index contributed by atoms with van der Waals surface area (Å²) in [5.74, 6) is 0.165. The molecule has 1 aromatic carbocycles. The summed E-state index contributed by atoms with van der Waals surface area (Å²) in [6.07, 6.45) is 5.03. The number of aromatic nitrogens is 2. The van der Waals surface area contributed by atoms with E-state index in [0.29, 0.717) is 13.1 Å². The van der Waals surface area contributed by atoms with Crippen LogP contribution in [0.2, 0.25) is 0 Å². The van der Waals surface area contributed by atoms with Crippen LogP contribution in [0.1, 0.15) is 11.6 Å². The van der Waals surface area contributed by atoms with E-state index in [1.165, 1.54) is 19.2 Å². The number of hydrogen-bond acceptors (Lipinski definition) is 6. The van der Waals surface area contributed by atoms with Crippen molar-refractivity contribution in [2.24, 2.45) is 0 Å². The summed E-state index contributed by atoms with van der Waals surface area (Å²) in [4.78, 5) is 24.8. The number of methoxy groups -OCH3 is 1. The predicted octanol–water partition coefficient (Wildman–Crippen LogP) is 1.65. The van der Waals surface area contributed by atoms with E-state index < -0.39 is 6.04 Å². The lowest BCUT2D eigenvalue weighted by Crippen LogP contribution is -2.49. The third kappa shape index (κ3) is 3.51. The molecule has 0 bridgehead atoms. The molecule has 7 heteroatoms. The van der Waals surface area contributed by atoms with Gasteiger partial charge in [0.1, 0.15) is 17.7 Å². The molecule has 1 aromatic heterocycles. The molecule has 0 N–H and O–H groups in total. The monoisotopic (exact) mass is 330 g/mol. The fourth-order valence-corrected chi connectivity index (χ4v) is 2.92. The van der Waals surface area contributed by atoms with Gasteiger partial charge in [-0.3, -0.25) is 9.88 Å². The lowest BCUT2D eigenvalue weighted by atomic mass is 10.0. The molecule has 1 saturated heterocycles. The molecule has 24 heavy (non-hydrogen) atoms. The number of piperazine rings is 1. The fraction of sp³-hybridized carbons (Fsp3) is 0.353. The van der Waals surface area contributed by atoms with Crippen molar-refractivity contribution in [1.29, 1.82) is 0 Å². The van der Waals surface area contributed by atoms with E-state index >= 15 is 0 Å². The van der Waals surface area contributed by atoms with Crippen LogP contribution in [-0.4, -0.2) is 54.1 Å². The van der Waals surface area contributed by atoms with E-state index in [1.54, 1.807) is 30.7 Å². The molecular formula is C17H19FN4O2. The van der Waals surface area contributed by atoms with E-state index in [-0.39, 0.29) is 11.8 Å². The van der Waals surface area contributed by atoms with E-state index in [9.17, 15) is 9.18 Å². The smallest absolute Gasteiger partial charge is 0.327 e. The molecule has 3 rings (SSSR count). The molecule has 1 fully saturated rings. The number of carbonyl (C=O) groups excluding carboxylic acids is 1. The summed E-state index contributed by atoms with van der Waals surface area (Å²) in [5, 5.41) is 0. The second kappa shape index (κ2) is 7.35. The van der Waals surface area contributed by atoms with Gasteiger partial charge in [-0.05, 0) is 17.7 Å². The first-order valence-electron chi connectivity index (χ1n) is 7.77. The van der Waals surface area contributed by atoms with Crippen molar-refractivity contribution in [3.63, 3.8) is 0 Å². The lowest BCUT2D eigenvalue weighted by Gasteiger charge is -2.38. The maximum atomic E-state index is 13.2. The third-order valence-electron chi connectivity index (χ3n) is 4.16. The van der Waals surface area contributed by atoms with Crippen LogP contribution in [0.25, 0.3) is 0 Å². The van der Waals surface area contributed by atoms with E-state index in [4.69, 9.17) is 4.74 Å². The SMILES string of the molecule is COC(=O)[C@@H](c1ccc(F)cc1)N1CCN(c2cnccn2)CC1. The van der Waals surface area contributed by atoms with Crippen molar-refractivity contribution in [3.05, 3.63) is 54.2 Å². The highest BCUT2D eigenvalue weighted by molar-refractivity contribution is 5.77. The molecule has 0 spiro atoms. The molecule has 0 unspecified atom stereocenters. The zero-order valence-corrected chi connectivity index (χ0v) is 13.4. The Bertz CT molecular complexity index is 673. The summed E-state index contributed by atoms with van der Waals surface area (Å²) in [7, 11) is 1.37. The number of rotatable bonds is 4. The van der Waals surface area contributed by atoms with Crippen molar-refractivity contribution in [2.45, 2.75) is 6.04 Å². The summed E-state index contributed by atoms with van der Waals surface area (Å²) in [6, 6.07) is 5.46. The standard InChI is InChI=1S/C17H19FN4O2/c1-24-17(23)16(13-2-4-14(18)5-3-13)22-10-8-21(9-11-22)15-12-19-6-7-20-15/h2-7,12,16H,8-11H2,1H3/t16-/m1/s1. The van der Waals surface area contributed by atoms with Crippen molar-refractivity contribution in [1.82, 2.24) is 14.9 Å². The quantitative estimate of drug-likeness (QED) is 0.795. The molecule has 0 radical (unpaired) electrons. The number of esters is 1. The summed E-state index contributed by atoms with van der Waals surface area (Å²) >= 11 is 0. The van der Waals surface area contributed by atoms with Crippen LogP contribution in [-0.2, 0) is 9.53 Å². The van der Waals surface area contributed by atoms with E-state index in [2.05, 4.69) is 14.9 Å². The van der Waals surface area contributed by atoms with Gasteiger partial charge in [-0.15, -0.1) is 0 Å². The molecule has 1 atom stereocenters. The third-order valence-corrected chi connectivity index (χ3v) is 4.16. The first-order valence-corrected chi connectivity index (χ1v) is 7.77. The number of benzene rings is 1. The minimum atomic E-state index is -0.528. The molecule has 1 aliphatic rings. The lowest BCUT2D eigenvalue weighted by molar-refractivity contribution is -0.147. The van der Waals surface area contributed by atoms with Crippen LogP contribution in [0, 0.1) is 5.82 Å². The van der Waals surface area contributed by atoms with Gasteiger partial charge in [-0.2, -0.15) is 0 Å². The van der Waals surface area contributed by atoms with Gasteiger partial charge >= 0.3 is 5.97 Å².